The number of nitrogens with one attached hydrogen (secondary N) is 2. The van der Waals surface area contributed by atoms with Crippen LogP contribution in [0.15, 0.2) is 9.68 Å². The fourth-order valence-electron chi connectivity index (χ4n) is 9.58. The van der Waals surface area contributed by atoms with Gasteiger partial charge in [-0.2, -0.15) is 5.26 Å². The Morgan fingerprint density at radius 3 is 2.65 bits per heavy atom. The lowest BCUT2D eigenvalue weighted by Crippen LogP contribution is -2.43. The molecule has 5 aliphatic rings. The Bertz CT molecular complexity index is 1810. The summed E-state index contributed by atoms with van der Waals surface area (Å²) in [5.74, 6) is 3.33. The van der Waals surface area contributed by atoms with E-state index in [9.17, 15) is 5.26 Å². The topological polar surface area (TPSA) is 166 Å². The van der Waals surface area contributed by atoms with Crippen LogP contribution < -0.4 is 16.0 Å². The lowest BCUT2D eigenvalue weighted by atomic mass is 9.63. The molecule has 0 radical (unpaired) electrons. The van der Waals surface area contributed by atoms with Crippen LogP contribution in [0, 0.1) is 28.6 Å². The molecule has 4 N–H and O–H groups in total. The highest BCUT2D eigenvalue weighted by molar-refractivity contribution is 7.16. The number of nitrogens with zero attached hydrogens (tertiary/aromatic N) is 7. The van der Waals surface area contributed by atoms with Gasteiger partial charge >= 0.3 is 0 Å². The maximum absolute atomic E-state index is 10.2. The number of nitrogen functional groups attached to an aromatic ring is 1. The standard InChI is InChI=1S/C35H44N10O2S/c1-19(25-8-6-14-44(25)2)39-32-24(16-37)34(45-17-20-10-11-21(18-45)28(20)42-46-3)41-33(40-32)29-22-7-4-12-35(30(22)47-43-29)13-5-9-26-27(35)23(15-36)31(38)48-26/h16,19-21,25,37H,4-14,17-18,38H2,1-3H3,(H,39,40,41). The number of thiophene rings is 1. The van der Waals surface area contributed by atoms with E-state index in [-0.39, 0.29) is 17.9 Å². The number of nitriles is 1. The molecule has 1 saturated carbocycles. The summed E-state index contributed by atoms with van der Waals surface area (Å²) in [4.78, 5) is 21.5. The molecule has 0 aromatic carbocycles. The number of hydrogen-bond donors (Lipinski definition) is 3. The minimum atomic E-state index is -0.422. The van der Waals surface area contributed by atoms with Crippen molar-refractivity contribution >= 4 is 39.9 Å². The van der Waals surface area contributed by atoms with Crippen LogP contribution in [0.4, 0.5) is 16.6 Å². The summed E-state index contributed by atoms with van der Waals surface area (Å²) in [7, 11) is 3.80. The Balaban J connectivity index is 1.25. The molecule has 2 bridgehead atoms. The van der Waals surface area contributed by atoms with Crippen LogP contribution >= 0.6 is 11.3 Å². The average Bonchev–Trinajstić information content (AvgIpc) is 3.85. The van der Waals surface area contributed by atoms with Gasteiger partial charge in [-0.05, 0) is 90.3 Å². The first-order chi connectivity index (χ1) is 23.4. The van der Waals surface area contributed by atoms with E-state index in [1.54, 1.807) is 18.4 Å². The van der Waals surface area contributed by atoms with E-state index in [1.165, 1.54) is 17.5 Å². The highest BCUT2D eigenvalue weighted by Crippen LogP contribution is 2.55. The highest BCUT2D eigenvalue weighted by Gasteiger charge is 2.49. The number of rotatable bonds is 7. The van der Waals surface area contributed by atoms with Crippen molar-refractivity contribution in [3.63, 3.8) is 0 Å². The van der Waals surface area contributed by atoms with Gasteiger partial charge in [0.1, 0.15) is 29.8 Å². The number of piperidine rings is 1. The number of aryl methyl sites for hydroxylation is 1. The van der Waals surface area contributed by atoms with E-state index in [0.717, 1.165) is 106 Å². The van der Waals surface area contributed by atoms with Gasteiger partial charge in [-0.15, -0.1) is 11.3 Å². The van der Waals surface area contributed by atoms with Crippen LogP contribution in [0.5, 0.6) is 0 Å². The summed E-state index contributed by atoms with van der Waals surface area (Å²) in [6.07, 6.45) is 11.3. The van der Waals surface area contributed by atoms with Gasteiger partial charge in [0.05, 0.1) is 22.3 Å². The van der Waals surface area contributed by atoms with Crippen molar-refractivity contribution < 1.29 is 9.36 Å². The second-order valence-corrected chi connectivity index (χ2v) is 15.5. The number of fused-ring (bicyclic) bond motifs is 6. The van der Waals surface area contributed by atoms with Crippen LogP contribution in [0.3, 0.4) is 0 Å². The van der Waals surface area contributed by atoms with Gasteiger partial charge < -0.3 is 35.6 Å². The Labute approximate surface area is 285 Å². The van der Waals surface area contributed by atoms with Gasteiger partial charge in [-0.3, -0.25) is 0 Å². The zero-order valence-electron chi connectivity index (χ0n) is 28.0. The number of likely N-dealkylation sites (tertiary alicyclic amines) is 1. The summed E-state index contributed by atoms with van der Waals surface area (Å²) >= 11 is 1.55. The van der Waals surface area contributed by atoms with Gasteiger partial charge in [0, 0.05) is 53.7 Å². The smallest absolute Gasteiger partial charge is 0.186 e. The minimum Gasteiger partial charge on any atom is -0.399 e. The normalized spacial score (nSPS) is 27.0. The first-order valence-electron chi connectivity index (χ1n) is 17.4. The fraction of sp³-hybridized carbons (Fsp3) is 0.600. The highest BCUT2D eigenvalue weighted by atomic mass is 32.1. The van der Waals surface area contributed by atoms with Crippen molar-refractivity contribution in [2.24, 2.45) is 17.0 Å². The molecule has 3 aromatic rings. The van der Waals surface area contributed by atoms with Crippen LogP contribution in [0.1, 0.15) is 91.2 Å². The lowest BCUT2D eigenvalue weighted by molar-refractivity contribution is 0.209. The van der Waals surface area contributed by atoms with Gasteiger partial charge in [-0.1, -0.05) is 10.3 Å². The van der Waals surface area contributed by atoms with E-state index in [1.807, 2.05) is 0 Å². The summed E-state index contributed by atoms with van der Waals surface area (Å²) in [5.41, 5.74) is 11.1. The minimum absolute atomic E-state index is 0.119. The Hall–Kier alpha value is -4.02. The molecule has 8 rings (SSSR count). The maximum Gasteiger partial charge on any atom is 0.186 e. The summed E-state index contributed by atoms with van der Waals surface area (Å²) < 4.78 is 6.35. The fourth-order valence-corrected chi connectivity index (χ4v) is 10.7. The zero-order valence-corrected chi connectivity index (χ0v) is 28.8. The average molecular weight is 669 g/mol. The number of hydrogen-bond acceptors (Lipinski definition) is 13. The molecule has 48 heavy (non-hydrogen) atoms. The van der Waals surface area contributed by atoms with Crippen LogP contribution in [0.25, 0.3) is 11.5 Å². The maximum atomic E-state index is 10.2. The second kappa shape index (κ2) is 12.1. The van der Waals surface area contributed by atoms with E-state index >= 15 is 0 Å². The van der Waals surface area contributed by atoms with Gasteiger partial charge in [-0.25, -0.2) is 9.97 Å². The Kier molecular flexibility index (Phi) is 7.91. The molecule has 3 aliphatic carbocycles. The van der Waals surface area contributed by atoms with Crippen molar-refractivity contribution in [2.75, 3.05) is 49.7 Å². The van der Waals surface area contributed by atoms with E-state index < -0.39 is 5.41 Å². The van der Waals surface area contributed by atoms with Crippen LogP contribution in [-0.2, 0) is 23.1 Å². The number of anilines is 3. The molecular formula is C35H44N10O2S. The first kappa shape index (κ1) is 31.3. The molecule has 252 valence electrons. The molecule has 3 fully saturated rings. The third kappa shape index (κ3) is 4.82. The third-order valence-corrected chi connectivity index (χ3v) is 12.8. The van der Waals surface area contributed by atoms with E-state index in [4.69, 9.17) is 35.6 Å². The Morgan fingerprint density at radius 2 is 1.96 bits per heavy atom. The van der Waals surface area contributed by atoms with Crippen molar-refractivity contribution in [3.05, 3.63) is 32.9 Å². The molecule has 3 aromatic heterocycles. The van der Waals surface area contributed by atoms with Gasteiger partial charge in [0.25, 0.3) is 0 Å². The van der Waals surface area contributed by atoms with Crippen LogP contribution in [-0.4, -0.2) is 77.8 Å². The molecule has 0 amide bonds. The SMILES string of the molecule is CON=C1C2CCC1CN(c1nc(-c3noc4c3CCCC43CCCc4sc(N)c(C#N)c43)nc(NC(C)C3CCCN3C)c1C=N)C2. The van der Waals surface area contributed by atoms with Gasteiger partial charge in [0.2, 0.25) is 0 Å². The zero-order chi connectivity index (χ0) is 33.2. The third-order valence-electron chi connectivity index (χ3n) is 11.7. The molecule has 13 heteroatoms. The number of likely N-dealkylation sites (N-methyl/N-ethyl adjacent to an activating group) is 1. The predicted molar refractivity (Wildman–Crippen MR) is 187 cm³/mol. The molecule has 2 aliphatic heterocycles. The number of aromatic nitrogens is 3. The van der Waals surface area contributed by atoms with Crippen molar-refractivity contribution in [2.45, 2.75) is 88.6 Å². The number of nitrogens with two attached hydrogens (primary N) is 1. The monoisotopic (exact) mass is 668 g/mol. The summed E-state index contributed by atoms with van der Waals surface area (Å²) in [5, 5.41) is 32.2. The van der Waals surface area contributed by atoms with E-state index in [0.29, 0.717) is 39.5 Å². The van der Waals surface area contributed by atoms with Crippen molar-refractivity contribution in [3.8, 4) is 17.6 Å². The molecular weight excluding hydrogens is 625 g/mol. The van der Waals surface area contributed by atoms with Crippen molar-refractivity contribution in [1.29, 1.82) is 10.7 Å². The predicted octanol–water partition coefficient (Wildman–Crippen LogP) is 5.35. The summed E-state index contributed by atoms with van der Waals surface area (Å²) in [6, 6.07) is 2.91. The molecule has 5 heterocycles. The first-order valence-corrected chi connectivity index (χ1v) is 18.2. The molecule has 1 spiro atoms. The largest absolute Gasteiger partial charge is 0.399 e. The lowest BCUT2D eigenvalue weighted by Gasteiger charge is -2.39. The molecule has 5 unspecified atom stereocenters. The molecule has 2 saturated heterocycles. The van der Waals surface area contributed by atoms with Gasteiger partial charge in [0.15, 0.2) is 17.3 Å². The van der Waals surface area contributed by atoms with E-state index in [2.05, 4.69) is 40.3 Å². The number of oxime groups is 1. The second-order valence-electron chi connectivity index (χ2n) is 14.4. The quantitative estimate of drug-likeness (QED) is 0.221. The molecule has 5 atom stereocenters. The van der Waals surface area contributed by atoms with Crippen LogP contribution in [0.2, 0.25) is 0 Å². The Morgan fingerprint density at radius 1 is 1.19 bits per heavy atom. The summed E-state index contributed by atoms with van der Waals surface area (Å²) in [6.45, 7) is 4.80. The van der Waals surface area contributed by atoms with Crippen molar-refractivity contribution in [1.82, 2.24) is 20.0 Å². The molecule has 12 nitrogen and oxygen atoms in total.